The molecule has 0 N–H and O–H groups in total. The SMILES string of the molecule is [C+]#CC#C. The second-order valence-electron chi connectivity index (χ2n) is 0.269. The Morgan fingerprint density at radius 3 is 2.00 bits per heavy atom. The van der Waals surface area contributed by atoms with Gasteiger partial charge in [0.2, 0.25) is 0 Å². The van der Waals surface area contributed by atoms with Crippen LogP contribution >= 0.6 is 0 Å². The molecular formula is C4H+. The molecule has 0 amide bonds. The third-order valence-corrected chi connectivity index (χ3v) is 0.0722. The van der Waals surface area contributed by atoms with Crippen molar-refractivity contribution in [2.75, 3.05) is 0 Å². The van der Waals surface area contributed by atoms with E-state index in [4.69, 9.17) is 6.42 Å². The summed E-state index contributed by atoms with van der Waals surface area (Å²) >= 11 is 0. The molecule has 0 atom stereocenters. The average molecular weight is 49.1 g/mol. The van der Waals surface area contributed by atoms with Gasteiger partial charge in [-0.1, -0.05) is 0 Å². The maximum atomic E-state index is 5.97. The van der Waals surface area contributed by atoms with Crippen molar-refractivity contribution in [3.05, 3.63) is 6.42 Å². The molecule has 0 radical (unpaired) electrons. The monoisotopic (exact) mass is 49.0 g/mol. The van der Waals surface area contributed by atoms with Crippen LogP contribution in [-0.2, 0) is 0 Å². The van der Waals surface area contributed by atoms with Crippen LogP contribution in [0.15, 0.2) is 0 Å². The van der Waals surface area contributed by atoms with Crippen LogP contribution in [0.3, 0.4) is 0 Å². The van der Waals surface area contributed by atoms with Crippen LogP contribution in [0.2, 0.25) is 0 Å². The van der Waals surface area contributed by atoms with E-state index in [1.807, 2.05) is 5.92 Å². The molecule has 0 aliphatic rings. The Balaban J connectivity index is 3.14. The Kier molecular flexibility index (Phi) is 1.95. The first kappa shape index (κ1) is 3.34. The van der Waals surface area contributed by atoms with E-state index in [9.17, 15) is 0 Å². The van der Waals surface area contributed by atoms with E-state index in [2.05, 4.69) is 6.42 Å². The number of hydrogen-bond acceptors (Lipinski definition) is 0. The molecule has 0 nitrogen and oxygen atoms in total. The van der Waals surface area contributed by atoms with Crippen LogP contribution in [0.1, 0.15) is 0 Å². The molecule has 0 rings (SSSR count). The van der Waals surface area contributed by atoms with Crippen LogP contribution in [-0.4, -0.2) is 0 Å². The molecule has 0 heterocycles. The summed E-state index contributed by atoms with van der Waals surface area (Å²) in [5.41, 5.74) is 0. The van der Waals surface area contributed by atoms with Gasteiger partial charge in [-0.05, 0) is 0 Å². The summed E-state index contributed by atoms with van der Waals surface area (Å²) in [6.07, 6.45) is 10.4. The van der Waals surface area contributed by atoms with E-state index in [0.717, 1.165) is 0 Å². The molecule has 0 aromatic carbocycles. The predicted octanol–water partition coefficient (Wildman–Crippen LogP) is 0.209. The minimum atomic E-state index is 1.71. The van der Waals surface area contributed by atoms with Gasteiger partial charge in [-0.3, -0.25) is 0 Å². The molecule has 0 aromatic rings. The van der Waals surface area contributed by atoms with Gasteiger partial charge >= 0.3 is 24.7 Å². The molecule has 0 saturated heterocycles. The normalized spacial score (nSPS) is 3.25. The van der Waals surface area contributed by atoms with Crippen LogP contribution in [0.25, 0.3) is 0 Å². The van der Waals surface area contributed by atoms with E-state index in [1.165, 1.54) is 0 Å². The Morgan fingerprint density at radius 2 is 2.00 bits per heavy atom. The second kappa shape index (κ2) is 2.34. The second-order valence-corrected chi connectivity index (χ2v) is 0.269. The first-order valence-electron chi connectivity index (χ1n) is 0.789. The van der Waals surface area contributed by atoms with Crippen LogP contribution < -0.4 is 0 Å². The molecule has 0 aliphatic heterocycles. The fourth-order valence-electron chi connectivity index (χ4n) is 0. The molecule has 0 aliphatic carbocycles. The van der Waals surface area contributed by atoms with Crippen LogP contribution in [0.4, 0.5) is 0 Å². The molecule has 16 valence electrons. The summed E-state index contributed by atoms with van der Waals surface area (Å²) in [4.78, 5) is 0. The standard InChI is InChI=1S/C4H/c1-3-4-2/h1H/q+1. The molecule has 0 heteroatoms. The molecular weight excluding hydrogens is 48.0 g/mol. The van der Waals surface area contributed by atoms with Crippen LogP contribution in [0, 0.1) is 24.7 Å². The predicted molar refractivity (Wildman–Crippen MR) is 16.0 cm³/mol. The molecule has 0 aromatic heterocycles. The number of terminal acetylenes is 1. The zero-order chi connectivity index (χ0) is 3.41. The van der Waals surface area contributed by atoms with E-state index >= 15 is 0 Å². The summed E-state index contributed by atoms with van der Waals surface area (Å²) < 4.78 is 0. The Bertz CT molecular complexity index is 55.0. The number of hydrogen-bond donors (Lipinski definition) is 0. The van der Waals surface area contributed by atoms with Crippen molar-refractivity contribution in [2.45, 2.75) is 0 Å². The fourth-order valence-corrected chi connectivity index (χ4v) is 0. The van der Waals surface area contributed by atoms with E-state index in [0.29, 0.717) is 0 Å². The van der Waals surface area contributed by atoms with Gasteiger partial charge in [-0.15, -0.1) is 0 Å². The quantitative estimate of drug-likeness (QED) is 0.271. The fraction of sp³-hybridized carbons (Fsp3) is 0. The molecule has 0 spiro atoms. The summed E-state index contributed by atoms with van der Waals surface area (Å²) in [5, 5.41) is 0. The van der Waals surface area contributed by atoms with Gasteiger partial charge in [0.1, 0.15) is 0 Å². The van der Waals surface area contributed by atoms with Gasteiger partial charge in [0.15, 0.2) is 0 Å². The molecule has 4 heavy (non-hydrogen) atoms. The first-order valence-corrected chi connectivity index (χ1v) is 0.789. The van der Waals surface area contributed by atoms with Crippen molar-refractivity contribution in [1.82, 2.24) is 0 Å². The Morgan fingerprint density at radius 1 is 1.75 bits per heavy atom. The van der Waals surface area contributed by atoms with E-state index in [1.54, 1.807) is 5.92 Å². The topological polar surface area (TPSA) is 0 Å². The van der Waals surface area contributed by atoms with Crippen molar-refractivity contribution in [2.24, 2.45) is 0 Å². The van der Waals surface area contributed by atoms with Crippen molar-refractivity contribution in [3.8, 4) is 18.3 Å². The summed E-state index contributed by atoms with van der Waals surface area (Å²) in [7, 11) is 0. The molecule has 0 fully saturated rings. The van der Waals surface area contributed by atoms with Gasteiger partial charge in [-0.2, -0.15) is 0 Å². The average Bonchev–Trinajstić information content (AvgIpc) is 1.37. The van der Waals surface area contributed by atoms with E-state index in [-0.39, 0.29) is 0 Å². The van der Waals surface area contributed by atoms with Crippen molar-refractivity contribution in [1.29, 1.82) is 0 Å². The number of rotatable bonds is 0. The van der Waals surface area contributed by atoms with E-state index < -0.39 is 0 Å². The first-order chi connectivity index (χ1) is 1.91. The van der Waals surface area contributed by atoms with Crippen molar-refractivity contribution in [3.63, 3.8) is 0 Å². The van der Waals surface area contributed by atoms with Gasteiger partial charge < -0.3 is 0 Å². The van der Waals surface area contributed by atoms with Gasteiger partial charge in [0, 0.05) is 0 Å². The summed E-state index contributed by atoms with van der Waals surface area (Å²) in [6, 6.07) is 0. The zero-order valence-electron chi connectivity index (χ0n) is 2.08. The Labute approximate surface area is 25.8 Å². The van der Waals surface area contributed by atoms with Crippen LogP contribution in [0.5, 0.6) is 0 Å². The van der Waals surface area contributed by atoms with Gasteiger partial charge in [0.05, 0.1) is 0 Å². The molecule has 0 unspecified atom stereocenters. The minimum absolute atomic E-state index is 1.71. The molecule has 0 saturated carbocycles. The molecule has 0 bridgehead atoms. The summed E-state index contributed by atoms with van der Waals surface area (Å²) in [5.74, 6) is 3.56. The zero-order valence-corrected chi connectivity index (χ0v) is 2.08. The Hall–Kier alpha value is -0.660. The maximum absolute atomic E-state index is 5.97. The van der Waals surface area contributed by atoms with Gasteiger partial charge in [0.25, 0.3) is 0 Å². The van der Waals surface area contributed by atoms with Crippen molar-refractivity contribution >= 4 is 0 Å². The summed E-state index contributed by atoms with van der Waals surface area (Å²) in [6.45, 7) is 0. The third kappa shape index (κ3) is 1.34. The van der Waals surface area contributed by atoms with Crippen molar-refractivity contribution < 1.29 is 0 Å². The third-order valence-electron chi connectivity index (χ3n) is 0.0722. The van der Waals surface area contributed by atoms with Gasteiger partial charge in [-0.25, -0.2) is 0 Å².